The third-order valence-corrected chi connectivity index (χ3v) is 3.94. The number of amides is 1. The SMILES string of the molecule is CCC1CCCCN1C(=O)COc1cccc(C(F)(F)F)c1. The minimum atomic E-state index is -4.41. The number of halogens is 3. The zero-order valence-electron chi connectivity index (χ0n) is 12.5. The van der Waals surface area contributed by atoms with E-state index in [9.17, 15) is 18.0 Å². The molecule has 1 aromatic carbocycles. The van der Waals surface area contributed by atoms with Gasteiger partial charge >= 0.3 is 6.18 Å². The standard InChI is InChI=1S/C16H20F3NO2/c1-2-13-7-3-4-9-20(13)15(21)11-22-14-8-5-6-12(10-14)16(17,18)19/h5-6,8,10,13H,2-4,7,9,11H2,1H3. The number of hydrogen-bond donors (Lipinski definition) is 0. The van der Waals surface area contributed by atoms with E-state index in [0.29, 0.717) is 6.54 Å². The van der Waals surface area contributed by atoms with Gasteiger partial charge in [0.15, 0.2) is 6.61 Å². The molecule has 0 aromatic heterocycles. The molecule has 0 bridgehead atoms. The van der Waals surface area contributed by atoms with Crippen LogP contribution in [0.15, 0.2) is 24.3 Å². The Hall–Kier alpha value is -1.72. The topological polar surface area (TPSA) is 29.5 Å². The largest absolute Gasteiger partial charge is 0.484 e. The molecule has 1 unspecified atom stereocenters. The van der Waals surface area contributed by atoms with E-state index in [1.807, 2.05) is 6.92 Å². The van der Waals surface area contributed by atoms with Crippen molar-refractivity contribution in [3.63, 3.8) is 0 Å². The quantitative estimate of drug-likeness (QED) is 0.844. The van der Waals surface area contributed by atoms with Crippen LogP contribution in [0.2, 0.25) is 0 Å². The van der Waals surface area contributed by atoms with Gasteiger partial charge in [-0.1, -0.05) is 13.0 Å². The van der Waals surface area contributed by atoms with Crippen LogP contribution in [0.5, 0.6) is 5.75 Å². The van der Waals surface area contributed by atoms with Gasteiger partial charge in [0.1, 0.15) is 5.75 Å². The van der Waals surface area contributed by atoms with Crippen LogP contribution < -0.4 is 4.74 Å². The van der Waals surface area contributed by atoms with Gasteiger partial charge in [0.05, 0.1) is 5.56 Å². The minimum Gasteiger partial charge on any atom is -0.484 e. The summed E-state index contributed by atoms with van der Waals surface area (Å²) in [5.74, 6) is -0.0998. The maximum Gasteiger partial charge on any atom is 0.416 e. The highest BCUT2D eigenvalue weighted by atomic mass is 19.4. The number of likely N-dealkylation sites (tertiary alicyclic amines) is 1. The molecule has 1 saturated heterocycles. The van der Waals surface area contributed by atoms with Crippen LogP contribution in [0.1, 0.15) is 38.2 Å². The zero-order valence-corrected chi connectivity index (χ0v) is 12.5. The summed E-state index contributed by atoms with van der Waals surface area (Å²) in [7, 11) is 0. The van der Waals surface area contributed by atoms with Crippen LogP contribution in [0.25, 0.3) is 0 Å². The van der Waals surface area contributed by atoms with Crippen molar-refractivity contribution in [2.75, 3.05) is 13.2 Å². The number of rotatable bonds is 4. The number of alkyl halides is 3. The summed E-state index contributed by atoms with van der Waals surface area (Å²) in [6.07, 6.45) is -0.479. The first-order valence-electron chi connectivity index (χ1n) is 7.51. The van der Waals surface area contributed by atoms with Crippen molar-refractivity contribution in [3.05, 3.63) is 29.8 Å². The third-order valence-electron chi connectivity index (χ3n) is 3.94. The maximum atomic E-state index is 12.6. The lowest BCUT2D eigenvalue weighted by Gasteiger charge is -2.35. The van der Waals surface area contributed by atoms with Gasteiger partial charge in [-0.3, -0.25) is 4.79 Å². The van der Waals surface area contributed by atoms with E-state index >= 15 is 0 Å². The van der Waals surface area contributed by atoms with Crippen molar-refractivity contribution in [3.8, 4) is 5.75 Å². The molecule has 122 valence electrons. The average molecular weight is 315 g/mol. The second-order valence-electron chi connectivity index (χ2n) is 5.46. The molecule has 1 aliphatic heterocycles. The highest BCUT2D eigenvalue weighted by Crippen LogP contribution is 2.31. The van der Waals surface area contributed by atoms with E-state index < -0.39 is 11.7 Å². The summed E-state index contributed by atoms with van der Waals surface area (Å²) < 4.78 is 43.1. The van der Waals surface area contributed by atoms with E-state index in [-0.39, 0.29) is 24.3 Å². The van der Waals surface area contributed by atoms with Crippen LogP contribution in [0, 0.1) is 0 Å². The molecule has 2 rings (SSSR count). The van der Waals surface area contributed by atoms with E-state index in [1.165, 1.54) is 12.1 Å². The van der Waals surface area contributed by atoms with Crippen LogP contribution in [-0.2, 0) is 11.0 Å². The van der Waals surface area contributed by atoms with Crippen molar-refractivity contribution in [2.45, 2.75) is 44.8 Å². The second kappa shape index (κ2) is 7.03. The van der Waals surface area contributed by atoms with Crippen molar-refractivity contribution in [1.29, 1.82) is 0 Å². The summed E-state index contributed by atoms with van der Waals surface area (Å²) in [6.45, 7) is 2.50. The summed E-state index contributed by atoms with van der Waals surface area (Å²) in [5, 5.41) is 0. The van der Waals surface area contributed by atoms with Gasteiger partial charge < -0.3 is 9.64 Å². The van der Waals surface area contributed by atoms with Gasteiger partial charge in [-0.15, -0.1) is 0 Å². The van der Waals surface area contributed by atoms with E-state index in [0.717, 1.165) is 37.8 Å². The number of hydrogen-bond acceptors (Lipinski definition) is 2. The van der Waals surface area contributed by atoms with Gasteiger partial charge in [-0.25, -0.2) is 0 Å². The molecule has 1 fully saturated rings. The molecule has 0 aliphatic carbocycles. The summed E-state index contributed by atoms with van der Waals surface area (Å²) >= 11 is 0. The Labute approximate surface area is 128 Å². The van der Waals surface area contributed by atoms with Crippen molar-refractivity contribution < 1.29 is 22.7 Å². The fraction of sp³-hybridized carbons (Fsp3) is 0.562. The number of ether oxygens (including phenoxy) is 1. The average Bonchev–Trinajstić information content (AvgIpc) is 2.52. The molecule has 0 spiro atoms. The van der Waals surface area contributed by atoms with Gasteiger partial charge in [-0.2, -0.15) is 13.2 Å². The lowest BCUT2D eigenvalue weighted by molar-refractivity contribution is -0.137. The first-order valence-corrected chi connectivity index (χ1v) is 7.51. The number of benzene rings is 1. The predicted octanol–water partition coefficient (Wildman–Crippen LogP) is 3.88. The highest BCUT2D eigenvalue weighted by Gasteiger charge is 2.31. The fourth-order valence-corrected chi connectivity index (χ4v) is 2.74. The van der Waals surface area contributed by atoms with Gasteiger partial charge in [0.2, 0.25) is 0 Å². The lowest BCUT2D eigenvalue weighted by Crippen LogP contribution is -2.45. The fourth-order valence-electron chi connectivity index (χ4n) is 2.74. The molecule has 3 nitrogen and oxygen atoms in total. The number of piperidine rings is 1. The number of carbonyl (C=O) groups excluding carboxylic acids is 1. The van der Waals surface area contributed by atoms with Crippen molar-refractivity contribution in [2.24, 2.45) is 0 Å². The number of carbonyl (C=O) groups is 1. The Morgan fingerprint density at radius 3 is 2.82 bits per heavy atom. The molecule has 0 saturated carbocycles. The lowest BCUT2D eigenvalue weighted by atomic mass is 10.00. The van der Waals surface area contributed by atoms with Crippen LogP contribution in [0.4, 0.5) is 13.2 Å². The number of nitrogens with zero attached hydrogens (tertiary/aromatic N) is 1. The molecule has 22 heavy (non-hydrogen) atoms. The molecule has 0 N–H and O–H groups in total. The first-order chi connectivity index (χ1) is 10.4. The first kappa shape index (κ1) is 16.6. The molecule has 0 radical (unpaired) electrons. The van der Waals surface area contributed by atoms with Crippen LogP contribution in [0.3, 0.4) is 0 Å². The van der Waals surface area contributed by atoms with Crippen LogP contribution >= 0.6 is 0 Å². The summed E-state index contributed by atoms with van der Waals surface area (Å²) in [6, 6.07) is 4.81. The zero-order chi connectivity index (χ0) is 16.2. The van der Waals surface area contributed by atoms with Crippen molar-refractivity contribution >= 4 is 5.91 Å². The summed E-state index contributed by atoms with van der Waals surface area (Å²) in [4.78, 5) is 14.0. The monoisotopic (exact) mass is 315 g/mol. The molecule has 1 aliphatic rings. The molecule has 1 atom stereocenters. The second-order valence-corrected chi connectivity index (χ2v) is 5.46. The minimum absolute atomic E-state index is 0.0632. The van der Waals surface area contributed by atoms with E-state index in [2.05, 4.69) is 0 Å². The van der Waals surface area contributed by atoms with Crippen molar-refractivity contribution in [1.82, 2.24) is 4.90 Å². The molecule has 1 amide bonds. The van der Waals surface area contributed by atoms with Gasteiger partial charge in [0, 0.05) is 12.6 Å². The van der Waals surface area contributed by atoms with E-state index in [1.54, 1.807) is 4.90 Å². The van der Waals surface area contributed by atoms with Gasteiger partial charge in [0.25, 0.3) is 5.91 Å². The Kier molecular flexibility index (Phi) is 5.32. The highest BCUT2D eigenvalue weighted by molar-refractivity contribution is 5.78. The Morgan fingerprint density at radius 1 is 1.36 bits per heavy atom. The Bertz CT molecular complexity index is 516. The normalized spacial score (nSPS) is 19.1. The molecular weight excluding hydrogens is 295 g/mol. The molecule has 6 heteroatoms. The predicted molar refractivity (Wildman–Crippen MR) is 76.6 cm³/mol. The molecule has 1 aromatic rings. The molecular formula is C16H20F3NO2. The maximum absolute atomic E-state index is 12.6. The Morgan fingerprint density at radius 2 is 2.14 bits per heavy atom. The Balaban J connectivity index is 1.96. The smallest absolute Gasteiger partial charge is 0.416 e. The summed E-state index contributed by atoms with van der Waals surface area (Å²) in [5.41, 5.74) is -0.776. The van der Waals surface area contributed by atoms with E-state index in [4.69, 9.17) is 4.74 Å². The third kappa shape index (κ3) is 4.15. The van der Waals surface area contributed by atoms with Crippen LogP contribution in [-0.4, -0.2) is 30.0 Å². The molecule has 1 heterocycles. The van der Waals surface area contributed by atoms with Gasteiger partial charge in [-0.05, 0) is 43.9 Å².